The number of rotatable bonds is 6. The largest absolute Gasteiger partial charge is 0.348 e. The van der Waals surface area contributed by atoms with Gasteiger partial charge in [-0.05, 0) is 43.2 Å². The predicted molar refractivity (Wildman–Crippen MR) is 126 cm³/mol. The Balaban J connectivity index is 1.54. The molecule has 0 unspecified atom stereocenters. The van der Waals surface area contributed by atoms with Crippen molar-refractivity contribution >= 4 is 17.6 Å². The molecule has 8 heteroatoms. The predicted octanol–water partition coefficient (Wildman–Crippen LogP) is 4.95. The van der Waals surface area contributed by atoms with Gasteiger partial charge in [-0.3, -0.25) is 4.79 Å². The molecule has 0 radical (unpaired) electrons. The first-order valence-electron chi connectivity index (χ1n) is 11.4. The van der Waals surface area contributed by atoms with Crippen molar-refractivity contribution in [3.8, 4) is 0 Å². The van der Waals surface area contributed by atoms with E-state index in [0.29, 0.717) is 26.1 Å². The number of anilines is 1. The van der Waals surface area contributed by atoms with Crippen LogP contribution in [0.4, 0.5) is 19.3 Å². The fraction of sp³-hybridized carbons (Fsp3) is 0.308. The van der Waals surface area contributed by atoms with Gasteiger partial charge in [0.05, 0.1) is 6.04 Å². The Morgan fingerprint density at radius 2 is 1.82 bits per heavy atom. The molecule has 3 amide bonds. The monoisotopic (exact) mass is 466 g/mol. The molecule has 1 aliphatic rings. The molecule has 6 nitrogen and oxygen atoms in total. The van der Waals surface area contributed by atoms with Crippen molar-refractivity contribution in [3.05, 3.63) is 89.2 Å². The van der Waals surface area contributed by atoms with Gasteiger partial charge in [0.1, 0.15) is 6.54 Å². The average Bonchev–Trinajstić information content (AvgIpc) is 3.30. The SMILES string of the molecule is CCCN(CC(=O)N1CCn2cccc2[C@@H]1c1ccc(C)cc1)C(=O)Nc1ccc(F)c(F)c1. The smallest absolute Gasteiger partial charge is 0.322 e. The highest BCUT2D eigenvalue weighted by molar-refractivity contribution is 5.92. The fourth-order valence-corrected chi connectivity index (χ4v) is 4.30. The van der Waals surface area contributed by atoms with E-state index >= 15 is 0 Å². The molecule has 0 bridgehead atoms. The number of hydrogen-bond acceptors (Lipinski definition) is 2. The van der Waals surface area contributed by atoms with Gasteiger partial charge in [0.2, 0.25) is 5.91 Å². The van der Waals surface area contributed by atoms with Crippen LogP contribution in [0, 0.1) is 18.6 Å². The first kappa shape index (κ1) is 23.5. The molecule has 1 N–H and O–H groups in total. The zero-order valence-electron chi connectivity index (χ0n) is 19.3. The summed E-state index contributed by atoms with van der Waals surface area (Å²) in [5.41, 5.74) is 3.30. The summed E-state index contributed by atoms with van der Waals surface area (Å²) >= 11 is 0. The molecule has 2 aromatic carbocycles. The maximum absolute atomic E-state index is 13.6. The number of urea groups is 1. The number of hydrogen-bond donors (Lipinski definition) is 1. The fourth-order valence-electron chi connectivity index (χ4n) is 4.30. The molecule has 1 aliphatic heterocycles. The van der Waals surface area contributed by atoms with Crippen molar-refractivity contribution < 1.29 is 18.4 Å². The number of aryl methyl sites for hydroxylation is 1. The number of amides is 3. The van der Waals surface area contributed by atoms with Crippen molar-refractivity contribution in [2.24, 2.45) is 0 Å². The van der Waals surface area contributed by atoms with Gasteiger partial charge in [0.25, 0.3) is 0 Å². The molecule has 0 saturated carbocycles. The molecule has 0 fully saturated rings. The number of nitrogens with zero attached hydrogens (tertiary/aromatic N) is 3. The standard InChI is InChI=1S/C26H28F2N4O2/c1-3-12-31(26(34)29-20-10-11-21(27)22(28)16-20)17-24(33)32-15-14-30-13-4-5-23(30)25(32)19-8-6-18(2)7-9-19/h4-11,13,16,25H,3,12,14-15,17H2,1-2H3,(H,29,34)/t25-/m0/s1. The Morgan fingerprint density at radius 3 is 2.53 bits per heavy atom. The molecule has 0 spiro atoms. The summed E-state index contributed by atoms with van der Waals surface area (Å²) in [4.78, 5) is 29.6. The zero-order valence-corrected chi connectivity index (χ0v) is 19.3. The van der Waals surface area contributed by atoms with Gasteiger partial charge in [0, 0.05) is 43.3 Å². The lowest BCUT2D eigenvalue weighted by Gasteiger charge is -2.38. The maximum Gasteiger partial charge on any atom is 0.322 e. The van der Waals surface area contributed by atoms with E-state index in [1.807, 2.05) is 61.3 Å². The molecule has 3 aromatic rings. The minimum absolute atomic E-state index is 0.119. The van der Waals surface area contributed by atoms with Crippen LogP contribution < -0.4 is 5.32 Å². The van der Waals surface area contributed by atoms with Crippen molar-refractivity contribution in [2.75, 3.05) is 25.0 Å². The Bertz CT molecular complexity index is 1180. The van der Waals surface area contributed by atoms with Crippen LogP contribution in [0.25, 0.3) is 0 Å². The van der Waals surface area contributed by atoms with Crippen molar-refractivity contribution in [1.29, 1.82) is 0 Å². The molecule has 0 saturated heterocycles. The molecule has 1 aromatic heterocycles. The topological polar surface area (TPSA) is 57.6 Å². The van der Waals surface area contributed by atoms with E-state index < -0.39 is 17.7 Å². The van der Waals surface area contributed by atoms with Gasteiger partial charge in [-0.1, -0.05) is 36.8 Å². The number of nitrogens with one attached hydrogen (secondary N) is 1. The van der Waals surface area contributed by atoms with E-state index in [2.05, 4.69) is 9.88 Å². The maximum atomic E-state index is 13.6. The Kier molecular flexibility index (Phi) is 6.95. The summed E-state index contributed by atoms with van der Waals surface area (Å²) in [5.74, 6) is -2.21. The van der Waals surface area contributed by atoms with Crippen LogP contribution in [0.1, 0.15) is 36.2 Å². The molecule has 2 heterocycles. The number of aromatic nitrogens is 1. The van der Waals surface area contributed by atoms with E-state index in [9.17, 15) is 18.4 Å². The normalized spacial score (nSPS) is 15.1. The number of benzene rings is 2. The first-order valence-corrected chi connectivity index (χ1v) is 11.4. The van der Waals surface area contributed by atoms with Gasteiger partial charge in [-0.15, -0.1) is 0 Å². The summed E-state index contributed by atoms with van der Waals surface area (Å²) in [5, 5.41) is 2.57. The van der Waals surface area contributed by atoms with Crippen LogP contribution in [-0.2, 0) is 11.3 Å². The highest BCUT2D eigenvalue weighted by Gasteiger charge is 2.33. The third kappa shape index (κ3) is 4.95. The van der Waals surface area contributed by atoms with E-state index in [0.717, 1.165) is 29.0 Å². The van der Waals surface area contributed by atoms with Crippen molar-refractivity contribution in [1.82, 2.24) is 14.4 Å². The molecule has 178 valence electrons. The molecular formula is C26H28F2N4O2. The summed E-state index contributed by atoms with van der Waals surface area (Å²) in [6.45, 7) is 5.35. The summed E-state index contributed by atoms with van der Waals surface area (Å²) in [6, 6.07) is 14.5. The molecular weight excluding hydrogens is 438 g/mol. The second-order valence-corrected chi connectivity index (χ2v) is 8.51. The second kappa shape index (κ2) is 10.1. The van der Waals surface area contributed by atoms with Crippen LogP contribution >= 0.6 is 0 Å². The number of carbonyl (C=O) groups is 2. The van der Waals surface area contributed by atoms with Crippen LogP contribution in [0.3, 0.4) is 0 Å². The Labute approximate surface area is 197 Å². The van der Waals surface area contributed by atoms with Crippen LogP contribution in [0.15, 0.2) is 60.8 Å². The van der Waals surface area contributed by atoms with Crippen LogP contribution in [0.5, 0.6) is 0 Å². The summed E-state index contributed by atoms with van der Waals surface area (Å²) < 4.78 is 28.9. The summed E-state index contributed by atoms with van der Waals surface area (Å²) in [6.07, 6.45) is 2.65. The van der Waals surface area contributed by atoms with Gasteiger partial charge >= 0.3 is 6.03 Å². The summed E-state index contributed by atoms with van der Waals surface area (Å²) in [7, 11) is 0. The highest BCUT2D eigenvalue weighted by atomic mass is 19.2. The highest BCUT2D eigenvalue weighted by Crippen LogP contribution is 2.32. The third-order valence-corrected chi connectivity index (χ3v) is 6.03. The quantitative estimate of drug-likeness (QED) is 0.559. The first-order chi connectivity index (χ1) is 16.4. The van der Waals surface area contributed by atoms with E-state index in [-0.39, 0.29) is 24.2 Å². The van der Waals surface area contributed by atoms with Crippen LogP contribution in [0.2, 0.25) is 0 Å². The van der Waals surface area contributed by atoms with Gasteiger partial charge in [0.15, 0.2) is 11.6 Å². The van der Waals surface area contributed by atoms with E-state index in [1.165, 1.54) is 11.0 Å². The minimum Gasteiger partial charge on any atom is -0.348 e. The number of fused-ring (bicyclic) bond motifs is 1. The van der Waals surface area contributed by atoms with Crippen molar-refractivity contribution in [2.45, 2.75) is 32.9 Å². The van der Waals surface area contributed by atoms with Crippen LogP contribution in [-0.4, -0.2) is 45.9 Å². The van der Waals surface area contributed by atoms with E-state index in [4.69, 9.17) is 0 Å². The minimum atomic E-state index is -1.05. The van der Waals surface area contributed by atoms with Gasteiger partial charge < -0.3 is 19.7 Å². The molecule has 34 heavy (non-hydrogen) atoms. The lowest BCUT2D eigenvalue weighted by molar-refractivity contribution is -0.134. The van der Waals surface area contributed by atoms with Crippen molar-refractivity contribution in [3.63, 3.8) is 0 Å². The molecule has 1 atom stereocenters. The average molecular weight is 467 g/mol. The second-order valence-electron chi connectivity index (χ2n) is 8.51. The number of carbonyl (C=O) groups excluding carboxylic acids is 2. The Morgan fingerprint density at radius 1 is 1.06 bits per heavy atom. The Hall–Kier alpha value is -3.68. The lowest BCUT2D eigenvalue weighted by atomic mass is 9.98. The van der Waals surface area contributed by atoms with Gasteiger partial charge in [-0.2, -0.15) is 0 Å². The number of halogens is 2. The molecule has 0 aliphatic carbocycles. The zero-order chi connectivity index (χ0) is 24.2. The third-order valence-electron chi connectivity index (χ3n) is 6.03. The van der Waals surface area contributed by atoms with Gasteiger partial charge in [-0.25, -0.2) is 13.6 Å². The molecule has 4 rings (SSSR count). The van der Waals surface area contributed by atoms with E-state index in [1.54, 1.807) is 0 Å². The lowest BCUT2D eigenvalue weighted by Crippen LogP contribution is -2.48.